The number of nitrogens with one attached hydrogen (secondary N) is 2. The van der Waals surface area contributed by atoms with Crippen molar-refractivity contribution in [3.05, 3.63) is 65.5 Å². The predicted molar refractivity (Wildman–Crippen MR) is 116 cm³/mol. The second kappa shape index (κ2) is 8.15. The van der Waals surface area contributed by atoms with Crippen molar-refractivity contribution in [2.45, 2.75) is 25.9 Å². The maximum Gasteiger partial charge on any atom is 0.171 e. The first-order chi connectivity index (χ1) is 15.1. The molecule has 1 aliphatic heterocycles. The zero-order valence-electron chi connectivity index (χ0n) is 17.2. The van der Waals surface area contributed by atoms with Crippen LogP contribution in [0.25, 0.3) is 21.8 Å². The maximum atomic E-state index is 13.8. The number of nitrogens with zero attached hydrogens (tertiary/aromatic N) is 1. The summed E-state index contributed by atoms with van der Waals surface area (Å²) in [5.74, 6) is 0.364. The van der Waals surface area contributed by atoms with Gasteiger partial charge in [0, 0.05) is 35.3 Å². The predicted octanol–water partition coefficient (Wildman–Crippen LogP) is 4.66. The van der Waals surface area contributed by atoms with Crippen LogP contribution in [0.2, 0.25) is 0 Å². The minimum Gasteiger partial charge on any atom is -0.486 e. The lowest BCUT2D eigenvalue weighted by molar-refractivity contribution is 0.0925. The molecule has 0 saturated heterocycles. The number of ether oxygens (including phenoxy) is 2. The number of benzene rings is 2. The molecule has 0 spiro atoms. The Labute approximate surface area is 178 Å². The van der Waals surface area contributed by atoms with Gasteiger partial charge in [0.2, 0.25) is 0 Å². The molecular formula is C24H23F2N3O2. The molecule has 0 amide bonds. The first-order valence-electron chi connectivity index (χ1n) is 10.4. The molecule has 31 heavy (non-hydrogen) atoms. The van der Waals surface area contributed by atoms with Gasteiger partial charge in [0.05, 0.1) is 11.0 Å². The van der Waals surface area contributed by atoms with Gasteiger partial charge >= 0.3 is 0 Å². The summed E-state index contributed by atoms with van der Waals surface area (Å²) in [5.41, 5.74) is 3.12. The number of H-pyrrole nitrogens is 1. The van der Waals surface area contributed by atoms with Gasteiger partial charge in [-0.2, -0.15) is 0 Å². The van der Waals surface area contributed by atoms with Gasteiger partial charge in [-0.3, -0.25) is 4.98 Å². The molecule has 2 N–H and O–H groups in total. The number of rotatable bonds is 6. The SMILES string of the molecule is Cc1ccc2c3c(ccc2n1)OCC(CNCCCc1c[nH]c2c(F)cc(F)cc12)O3. The van der Waals surface area contributed by atoms with Crippen LogP contribution in [0, 0.1) is 18.6 Å². The van der Waals surface area contributed by atoms with Crippen LogP contribution in [0.3, 0.4) is 0 Å². The zero-order chi connectivity index (χ0) is 21.4. The largest absolute Gasteiger partial charge is 0.486 e. The topological polar surface area (TPSA) is 59.2 Å². The second-order valence-electron chi connectivity index (χ2n) is 7.89. The average Bonchev–Trinajstić information content (AvgIpc) is 3.16. The minimum absolute atomic E-state index is 0.101. The third kappa shape index (κ3) is 3.93. The van der Waals surface area contributed by atoms with Crippen molar-refractivity contribution in [3.63, 3.8) is 0 Å². The van der Waals surface area contributed by atoms with E-state index in [9.17, 15) is 8.78 Å². The first-order valence-corrected chi connectivity index (χ1v) is 10.4. The van der Waals surface area contributed by atoms with Crippen molar-refractivity contribution < 1.29 is 18.3 Å². The van der Waals surface area contributed by atoms with Crippen LogP contribution in [0.1, 0.15) is 17.7 Å². The van der Waals surface area contributed by atoms with E-state index in [1.54, 1.807) is 6.20 Å². The van der Waals surface area contributed by atoms with Gasteiger partial charge in [-0.25, -0.2) is 8.78 Å². The molecule has 0 radical (unpaired) electrons. The summed E-state index contributed by atoms with van der Waals surface area (Å²) in [6.07, 6.45) is 3.21. The lowest BCUT2D eigenvalue weighted by atomic mass is 10.1. The number of aromatic nitrogens is 2. The van der Waals surface area contributed by atoms with E-state index in [0.29, 0.717) is 24.1 Å². The van der Waals surface area contributed by atoms with E-state index in [-0.39, 0.29) is 6.10 Å². The van der Waals surface area contributed by atoms with Gasteiger partial charge in [-0.15, -0.1) is 0 Å². The van der Waals surface area contributed by atoms with Crippen LogP contribution in [0.4, 0.5) is 8.78 Å². The van der Waals surface area contributed by atoms with Crippen molar-refractivity contribution in [2.24, 2.45) is 0 Å². The van der Waals surface area contributed by atoms with E-state index in [2.05, 4.69) is 15.3 Å². The van der Waals surface area contributed by atoms with Crippen molar-refractivity contribution in [2.75, 3.05) is 19.7 Å². The summed E-state index contributed by atoms with van der Waals surface area (Å²) in [6.45, 7) is 3.85. The summed E-state index contributed by atoms with van der Waals surface area (Å²) in [6, 6.07) is 10.1. The molecule has 5 nitrogen and oxygen atoms in total. The summed E-state index contributed by atoms with van der Waals surface area (Å²) in [5, 5.41) is 4.95. The molecule has 7 heteroatoms. The number of hydrogen-bond acceptors (Lipinski definition) is 4. The molecule has 5 rings (SSSR count). The van der Waals surface area contributed by atoms with Gasteiger partial charge < -0.3 is 19.8 Å². The first kappa shape index (κ1) is 19.8. The fourth-order valence-corrected chi connectivity index (χ4v) is 4.06. The zero-order valence-corrected chi connectivity index (χ0v) is 17.2. The van der Waals surface area contributed by atoms with E-state index in [0.717, 1.165) is 59.1 Å². The molecule has 0 fully saturated rings. The third-order valence-corrected chi connectivity index (χ3v) is 5.60. The van der Waals surface area contributed by atoms with Crippen molar-refractivity contribution >= 4 is 21.8 Å². The summed E-state index contributed by atoms with van der Waals surface area (Å²) in [7, 11) is 0. The summed E-state index contributed by atoms with van der Waals surface area (Å²) >= 11 is 0. The van der Waals surface area contributed by atoms with Crippen LogP contribution in [-0.4, -0.2) is 35.8 Å². The number of aromatic amines is 1. The molecule has 1 atom stereocenters. The highest BCUT2D eigenvalue weighted by atomic mass is 19.1. The molecule has 3 heterocycles. The Balaban J connectivity index is 1.16. The monoisotopic (exact) mass is 423 g/mol. The smallest absolute Gasteiger partial charge is 0.171 e. The van der Waals surface area contributed by atoms with E-state index in [4.69, 9.17) is 9.47 Å². The lowest BCUT2D eigenvalue weighted by Crippen LogP contribution is -2.38. The van der Waals surface area contributed by atoms with Gasteiger partial charge in [-0.05, 0) is 62.2 Å². The standard InChI is InChI=1S/C24H23F2N3O2/c1-14-4-5-18-21(29-14)6-7-22-24(18)31-17(13-30-22)12-27-8-2-3-15-11-28-23-19(15)9-16(25)10-20(23)26/h4-7,9-11,17,27-28H,2-3,8,12-13H2,1H3. The maximum absolute atomic E-state index is 13.8. The highest BCUT2D eigenvalue weighted by Gasteiger charge is 2.23. The van der Waals surface area contributed by atoms with Crippen LogP contribution in [-0.2, 0) is 6.42 Å². The number of pyridine rings is 1. The lowest BCUT2D eigenvalue weighted by Gasteiger charge is -2.27. The van der Waals surface area contributed by atoms with E-state index < -0.39 is 11.6 Å². The summed E-state index contributed by atoms with van der Waals surface area (Å²) < 4.78 is 39.4. The molecule has 4 aromatic rings. The molecule has 2 aromatic heterocycles. The van der Waals surface area contributed by atoms with Crippen molar-refractivity contribution in [1.29, 1.82) is 0 Å². The molecule has 1 aliphatic rings. The minimum atomic E-state index is -0.563. The molecule has 0 bridgehead atoms. The van der Waals surface area contributed by atoms with Gasteiger partial charge in [0.15, 0.2) is 11.5 Å². The highest BCUT2D eigenvalue weighted by molar-refractivity contribution is 5.88. The Hall–Kier alpha value is -3.19. The van der Waals surface area contributed by atoms with Crippen LogP contribution >= 0.6 is 0 Å². The fraction of sp³-hybridized carbons (Fsp3) is 0.292. The van der Waals surface area contributed by atoms with Crippen LogP contribution in [0.15, 0.2) is 42.6 Å². The normalized spacial score (nSPS) is 15.6. The number of hydrogen-bond donors (Lipinski definition) is 2. The Morgan fingerprint density at radius 1 is 1.16 bits per heavy atom. The van der Waals surface area contributed by atoms with E-state index in [1.807, 2.05) is 31.2 Å². The van der Waals surface area contributed by atoms with Crippen LogP contribution < -0.4 is 14.8 Å². The Kier molecular flexibility index (Phi) is 5.19. The molecule has 2 aromatic carbocycles. The van der Waals surface area contributed by atoms with E-state index >= 15 is 0 Å². The van der Waals surface area contributed by atoms with Gasteiger partial charge in [-0.1, -0.05) is 0 Å². The van der Waals surface area contributed by atoms with E-state index in [1.165, 1.54) is 6.07 Å². The van der Waals surface area contributed by atoms with Crippen LogP contribution in [0.5, 0.6) is 11.5 Å². The Bertz CT molecular complexity index is 1250. The van der Waals surface area contributed by atoms with Crippen molar-refractivity contribution in [1.82, 2.24) is 15.3 Å². The second-order valence-corrected chi connectivity index (χ2v) is 7.89. The Morgan fingerprint density at radius 2 is 2.06 bits per heavy atom. The molecule has 0 aliphatic carbocycles. The molecule has 160 valence electrons. The summed E-state index contributed by atoms with van der Waals surface area (Å²) in [4.78, 5) is 7.45. The van der Waals surface area contributed by atoms with Gasteiger partial charge in [0.1, 0.15) is 24.3 Å². The highest BCUT2D eigenvalue weighted by Crippen LogP contribution is 2.38. The third-order valence-electron chi connectivity index (χ3n) is 5.60. The molecule has 0 saturated carbocycles. The van der Waals surface area contributed by atoms with Crippen molar-refractivity contribution in [3.8, 4) is 11.5 Å². The number of fused-ring (bicyclic) bond motifs is 4. The number of aryl methyl sites for hydroxylation is 2. The van der Waals surface area contributed by atoms with Gasteiger partial charge in [0.25, 0.3) is 0 Å². The molecule has 1 unspecified atom stereocenters. The number of halogens is 2. The fourth-order valence-electron chi connectivity index (χ4n) is 4.06. The molecular weight excluding hydrogens is 400 g/mol. The Morgan fingerprint density at radius 3 is 2.97 bits per heavy atom. The average molecular weight is 423 g/mol. The quantitative estimate of drug-likeness (QED) is 0.443.